The van der Waals surface area contributed by atoms with Gasteiger partial charge in [0.1, 0.15) is 11.4 Å². The van der Waals surface area contributed by atoms with Gasteiger partial charge in [-0.3, -0.25) is 14.3 Å². The van der Waals surface area contributed by atoms with Gasteiger partial charge in [0.25, 0.3) is 0 Å². The summed E-state index contributed by atoms with van der Waals surface area (Å²) in [5.74, 6) is -2.05. The van der Waals surface area contributed by atoms with Crippen molar-refractivity contribution >= 4 is 45.2 Å². The standard InChI is InChI=1S/C28H28FN7O5/c1-15-2-5-21-17(10-15)24(31-32-28(30)41)26(38)36(21)14-33-6-8-34(9-7-33)23-12-22-18(11-20(23)29)25(37)19(27(39)40)13-35(22)16-3-4-16/h2,5,10-13,16,38H,3-4,6-9,14H2,1H3,(H2,30,41)(H,39,40). The monoisotopic (exact) mass is 561 g/mol. The number of anilines is 1. The molecule has 1 aliphatic heterocycles. The number of hydrogen-bond donors (Lipinski definition) is 3. The summed E-state index contributed by atoms with van der Waals surface area (Å²) in [6.45, 7) is 4.29. The summed E-state index contributed by atoms with van der Waals surface area (Å²) >= 11 is 0. The lowest BCUT2D eigenvalue weighted by molar-refractivity contribution is 0.0694. The Hall–Kier alpha value is -4.78. The minimum Gasteiger partial charge on any atom is -0.493 e. The van der Waals surface area contributed by atoms with E-state index < -0.39 is 23.2 Å². The highest BCUT2D eigenvalue weighted by Crippen LogP contribution is 2.40. The van der Waals surface area contributed by atoms with E-state index in [4.69, 9.17) is 5.73 Å². The van der Waals surface area contributed by atoms with Crippen LogP contribution >= 0.6 is 0 Å². The van der Waals surface area contributed by atoms with Gasteiger partial charge in [0.05, 0.1) is 23.4 Å². The number of urea groups is 1. The third-order valence-electron chi connectivity index (χ3n) is 7.74. The third-order valence-corrected chi connectivity index (χ3v) is 7.74. The smallest absolute Gasteiger partial charge is 0.356 e. The molecule has 4 N–H and O–H groups in total. The van der Waals surface area contributed by atoms with Crippen LogP contribution in [-0.2, 0) is 6.67 Å². The lowest BCUT2D eigenvalue weighted by Crippen LogP contribution is -2.47. The number of carbonyl (C=O) groups is 2. The zero-order chi connectivity index (χ0) is 29.0. The summed E-state index contributed by atoms with van der Waals surface area (Å²) in [7, 11) is 0. The molecule has 0 bridgehead atoms. The average molecular weight is 562 g/mol. The van der Waals surface area contributed by atoms with Gasteiger partial charge in [-0.15, -0.1) is 5.11 Å². The van der Waals surface area contributed by atoms with Gasteiger partial charge in [-0.25, -0.2) is 14.0 Å². The molecule has 212 valence electrons. The summed E-state index contributed by atoms with van der Waals surface area (Å²) in [5.41, 5.74) is 6.76. The molecule has 0 atom stereocenters. The quantitative estimate of drug-likeness (QED) is 0.299. The van der Waals surface area contributed by atoms with Crippen LogP contribution in [0, 0.1) is 12.7 Å². The van der Waals surface area contributed by atoms with Crippen LogP contribution in [0.25, 0.3) is 21.8 Å². The molecular weight excluding hydrogens is 533 g/mol. The molecule has 12 nitrogen and oxygen atoms in total. The number of fused-ring (bicyclic) bond motifs is 2. The Bertz CT molecular complexity index is 1820. The number of aromatic nitrogens is 2. The second-order valence-corrected chi connectivity index (χ2v) is 10.5. The van der Waals surface area contributed by atoms with Crippen LogP contribution in [0.1, 0.15) is 34.8 Å². The number of hydrogen-bond acceptors (Lipinski definition) is 7. The molecule has 2 aromatic carbocycles. The summed E-state index contributed by atoms with van der Waals surface area (Å²) in [6.07, 6.45) is 3.11. The van der Waals surface area contributed by atoms with Crippen molar-refractivity contribution in [3.8, 4) is 5.88 Å². The first-order valence-corrected chi connectivity index (χ1v) is 13.2. The molecule has 3 heterocycles. The Morgan fingerprint density at radius 3 is 2.46 bits per heavy atom. The molecule has 13 heteroatoms. The maximum Gasteiger partial charge on any atom is 0.356 e. The van der Waals surface area contributed by atoms with Crippen molar-refractivity contribution < 1.29 is 24.2 Å². The van der Waals surface area contributed by atoms with Gasteiger partial charge >= 0.3 is 12.0 Å². The summed E-state index contributed by atoms with van der Waals surface area (Å²) < 4.78 is 18.8. The first-order chi connectivity index (χ1) is 19.6. The number of aromatic carboxylic acids is 1. The average Bonchev–Trinajstić information content (AvgIpc) is 3.74. The van der Waals surface area contributed by atoms with Crippen LogP contribution in [0.4, 0.5) is 20.6 Å². The van der Waals surface area contributed by atoms with Gasteiger partial charge in [-0.05, 0) is 44.0 Å². The molecule has 4 aromatic rings. The number of aromatic hydroxyl groups is 1. The Morgan fingerprint density at radius 2 is 1.80 bits per heavy atom. The minimum atomic E-state index is -1.33. The molecule has 41 heavy (non-hydrogen) atoms. The van der Waals surface area contributed by atoms with E-state index in [0.717, 1.165) is 24.5 Å². The minimum absolute atomic E-state index is 0.0613. The molecule has 1 saturated heterocycles. The molecule has 2 fully saturated rings. The first-order valence-electron chi connectivity index (χ1n) is 13.2. The van der Waals surface area contributed by atoms with Gasteiger partial charge in [-0.1, -0.05) is 16.7 Å². The van der Waals surface area contributed by atoms with Crippen LogP contribution in [-0.4, -0.2) is 62.4 Å². The molecule has 0 radical (unpaired) electrons. The molecule has 0 spiro atoms. The van der Waals surface area contributed by atoms with E-state index in [1.54, 1.807) is 15.2 Å². The maximum absolute atomic E-state index is 15.4. The number of nitrogens with two attached hydrogens (primary N) is 1. The van der Waals surface area contributed by atoms with E-state index >= 15 is 4.39 Å². The second kappa shape index (κ2) is 10.0. The van der Waals surface area contributed by atoms with Crippen LogP contribution in [0.3, 0.4) is 0 Å². The number of aryl methyl sites for hydroxylation is 1. The van der Waals surface area contributed by atoms with Crippen molar-refractivity contribution in [1.29, 1.82) is 0 Å². The highest BCUT2D eigenvalue weighted by atomic mass is 19.1. The topological polar surface area (TPSA) is 159 Å². The van der Waals surface area contributed by atoms with Crippen LogP contribution in [0.15, 0.2) is 51.6 Å². The van der Waals surface area contributed by atoms with E-state index in [9.17, 15) is 24.6 Å². The van der Waals surface area contributed by atoms with Gasteiger partial charge in [0.2, 0.25) is 11.3 Å². The number of azo groups is 1. The van der Waals surface area contributed by atoms with Crippen molar-refractivity contribution in [3.63, 3.8) is 0 Å². The number of nitrogens with zero attached hydrogens (tertiary/aromatic N) is 6. The van der Waals surface area contributed by atoms with Crippen LogP contribution in [0.5, 0.6) is 5.88 Å². The summed E-state index contributed by atoms with van der Waals surface area (Å²) in [4.78, 5) is 39.6. The fourth-order valence-electron chi connectivity index (χ4n) is 5.52. The molecule has 1 saturated carbocycles. The van der Waals surface area contributed by atoms with Gasteiger partial charge in [0, 0.05) is 49.2 Å². The Kier molecular flexibility index (Phi) is 6.45. The molecular formula is C28H28FN7O5. The maximum atomic E-state index is 15.4. The fraction of sp³-hybridized carbons (Fsp3) is 0.321. The largest absolute Gasteiger partial charge is 0.493 e. The van der Waals surface area contributed by atoms with E-state index in [-0.39, 0.29) is 28.6 Å². The lowest BCUT2D eigenvalue weighted by atomic mass is 10.1. The number of halogens is 1. The number of carboxylic acids is 1. The number of pyridine rings is 1. The Balaban J connectivity index is 1.26. The van der Waals surface area contributed by atoms with Crippen molar-refractivity contribution in [2.75, 3.05) is 31.1 Å². The number of amides is 2. The van der Waals surface area contributed by atoms with Crippen molar-refractivity contribution in [2.24, 2.45) is 16.0 Å². The van der Waals surface area contributed by atoms with Crippen molar-refractivity contribution in [3.05, 3.63) is 63.7 Å². The first kappa shape index (κ1) is 26.4. The number of benzene rings is 2. The number of rotatable bonds is 6. The van der Waals surface area contributed by atoms with E-state index in [2.05, 4.69) is 15.1 Å². The van der Waals surface area contributed by atoms with Crippen LogP contribution < -0.4 is 16.1 Å². The molecule has 0 unspecified atom stereocenters. The summed E-state index contributed by atoms with van der Waals surface area (Å²) in [6, 6.07) is 7.55. The van der Waals surface area contributed by atoms with Gasteiger partial charge in [0.15, 0.2) is 5.69 Å². The zero-order valence-corrected chi connectivity index (χ0v) is 22.2. The fourth-order valence-corrected chi connectivity index (χ4v) is 5.52. The number of carboxylic acid groups (broad SMARTS) is 1. The molecule has 1 aliphatic carbocycles. The third kappa shape index (κ3) is 4.78. The van der Waals surface area contributed by atoms with E-state index in [1.807, 2.05) is 30.0 Å². The predicted molar refractivity (Wildman–Crippen MR) is 150 cm³/mol. The Morgan fingerprint density at radius 1 is 1.07 bits per heavy atom. The molecule has 6 rings (SSSR count). The zero-order valence-electron chi connectivity index (χ0n) is 22.2. The molecule has 2 aromatic heterocycles. The number of primary amides is 1. The second-order valence-electron chi connectivity index (χ2n) is 10.5. The number of carbonyl (C=O) groups excluding carboxylic acids is 1. The van der Waals surface area contributed by atoms with Crippen molar-refractivity contribution in [2.45, 2.75) is 32.5 Å². The van der Waals surface area contributed by atoms with Crippen molar-refractivity contribution in [1.82, 2.24) is 14.0 Å². The predicted octanol–water partition coefficient (Wildman–Crippen LogP) is 4.08. The van der Waals surface area contributed by atoms with E-state index in [1.165, 1.54) is 6.20 Å². The number of piperazine rings is 1. The van der Waals surface area contributed by atoms with Gasteiger partial charge in [-0.2, -0.15) is 0 Å². The van der Waals surface area contributed by atoms with Gasteiger partial charge < -0.3 is 25.4 Å². The normalized spacial score (nSPS) is 16.3. The molecule has 2 aliphatic rings. The van der Waals surface area contributed by atoms with Crippen LogP contribution in [0.2, 0.25) is 0 Å². The van der Waals surface area contributed by atoms with E-state index in [0.29, 0.717) is 55.0 Å². The highest BCUT2D eigenvalue weighted by Gasteiger charge is 2.29. The molecule has 2 amide bonds. The Labute approximate surface area is 232 Å². The summed E-state index contributed by atoms with van der Waals surface area (Å²) in [5, 5.41) is 28.4. The highest BCUT2D eigenvalue weighted by molar-refractivity contribution is 5.96. The lowest BCUT2D eigenvalue weighted by Gasteiger charge is -2.36. The SMILES string of the molecule is Cc1ccc2c(c1)c(N=NC(N)=O)c(O)n2CN1CCN(c2cc3c(cc2F)c(=O)c(C(=O)O)cn3C2CC2)CC1.